The molecule has 2 rings (SSSR count). The Morgan fingerprint density at radius 3 is 2.94 bits per heavy atom. The highest BCUT2D eigenvalue weighted by Gasteiger charge is 2.26. The van der Waals surface area contributed by atoms with Crippen molar-refractivity contribution < 1.29 is 5.11 Å². The number of aliphatic hydroxyl groups is 1. The fraction of sp³-hybridized carbons (Fsp3) is 0.615. The van der Waals surface area contributed by atoms with Gasteiger partial charge in [0.2, 0.25) is 0 Å². The maximum Gasteiger partial charge on any atom is 0.0549 e. The Morgan fingerprint density at radius 1 is 1.35 bits per heavy atom. The molecule has 0 amide bonds. The van der Waals surface area contributed by atoms with Gasteiger partial charge in [-0.2, -0.15) is 0 Å². The Bertz CT molecular complexity index is 356. The summed E-state index contributed by atoms with van der Waals surface area (Å²) in [6.45, 7) is 3.24. The monoisotopic (exact) mass is 235 g/mol. The zero-order valence-electron chi connectivity index (χ0n) is 10.3. The van der Waals surface area contributed by atoms with Crippen molar-refractivity contribution in [3.05, 3.63) is 18.5 Å². The first-order chi connectivity index (χ1) is 8.33. The molecule has 94 valence electrons. The largest absolute Gasteiger partial charge is 0.396 e. The van der Waals surface area contributed by atoms with E-state index < -0.39 is 0 Å². The van der Waals surface area contributed by atoms with Crippen molar-refractivity contribution in [2.24, 2.45) is 5.92 Å². The van der Waals surface area contributed by atoms with Gasteiger partial charge >= 0.3 is 0 Å². The molecular formula is C13H21N3O. The molecule has 4 heteroatoms. The SMILES string of the molecule is CCNc1cncc(NC2CCCC2CO)c1. The lowest BCUT2D eigenvalue weighted by molar-refractivity contribution is 0.222. The summed E-state index contributed by atoms with van der Waals surface area (Å²) in [6, 6.07) is 2.46. The average Bonchev–Trinajstić information content (AvgIpc) is 2.77. The second-order valence-corrected chi connectivity index (χ2v) is 4.62. The summed E-state index contributed by atoms with van der Waals surface area (Å²) in [7, 11) is 0. The van der Waals surface area contributed by atoms with Gasteiger partial charge < -0.3 is 15.7 Å². The van der Waals surface area contributed by atoms with E-state index in [0.29, 0.717) is 12.0 Å². The molecule has 1 saturated carbocycles. The first kappa shape index (κ1) is 12.2. The minimum atomic E-state index is 0.276. The Hall–Kier alpha value is -1.29. The molecule has 0 aromatic carbocycles. The third kappa shape index (κ3) is 3.09. The van der Waals surface area contributed by atoms with Gasteiger partial charge in [0.1, 0.15) is 0 Å². The molecule has 0 saturated heterocycles. The number of pyridine rings is 1. The zero-order chi connectivity index (χ0) is 12.1. The van der Waals surface area contributed by atoms with E-state index in [0.717, 1.165) is 30.8 Å². The van der Waals surface area contributed by atoms with E-state index in [-0.39, 0.29) is 6.61 Å². The van der Waals surface area contributed by atoms with Crippen LogP contribution in [0.25, 0.3) is 0 Å². The Kier molecular flexibility index (Phi) is 4.20. The molecule has 0 spiro atoms. The van der Waals surface area contributed by atoms with Crippen LogP contribution < -0.4 is 10.6 Å². The molecule has 17 heavy (non-hydrogen) atoms. The summed E-state index contributed by atoms with van der Waals surface area (Å²) in [6.07, 6.45) is 7.12. The van der Waals surface area contributed by atoms with Crippen LogP contribution in [0.2, 0.25) is 0 Å². The zero-order valence-corrected chi connectivity index (χ0v) is 10.3. The van der Waals surface area contributed by atoms with E-state index in [9.17, 15) is 5.11 Å². The summed E-state index contributed by atoms with van der Waals surface area (Å²) in [5, 5.41) is 16.0. The van der Waals surface area contributed by atoms with Crippen LogP contribution in [0.1, 0.15) is 26.2 Å². The molecule has 2 unspecified atom stereocenters. The highest BCUT2D eigenvalue weighted by Crippen LogP contribution is 2.28. The lowest BCUT2D eigenvalue weighted by Gasteiger charge is -2.20. The van der Waals surface area contributed by atoms with Gasteiger partial charge in [-0.1, -0.05) is 6.42 Å². The van der Waals surface area contributed by atoms with E-state index in [1.165, 1.54) is 6.42 Å². The van der Waals surface area contributed by atoms with Crippen molar-refractivity contribution in [3.63, 3.8) is 0 Å². The number of aromatic nitrogens is 1. The van der Waals surface area contributed by atoms with Crippen LogP contribution in [0.15, 0.2) is 18.5 Å². The van der Waals surface area contributed by atoms with Gasteiger partial charge in [-0.05, 0) is 25.8 Å². The fourth-order valence-corrected chi connectivity index (χ4v) is 2.48. The Balaban J connectivity index is 2.00. The number of rotatable bonds is 5. The first-order valence-corrected chi connectivity index (χ1v) is 6.39. The number of anilines is 2. The highest BCUT2D eigenvalue weighted by atomic mass is 16.3. The molecule has 4 nitrogen and oxygen atoms in total. The Morgan fingerprint density at radius 2 is 2.18 bits per heavy atom. The van der Waals surface area contributed by atoms with Gasteiger partial charge in [-0.3, -0.25) is 4.98 Å². The summed E-state index contributed by atoms with van der Waals surface area (Å²) in [4.78, 5) is 4.21. The van der Waals surface area contributed by atoms with Gasteiger partial charge in [0, 0.05) is 25.1 Å². The second kappa shape index (κ2) is 5.87. The van der Waals surface area contributed by atoms with Gasteiger partial charge in [-0.25, -0.2) is 0 Å². The van der Waals surface area contributed by atoms with Crippen molar-refractivity contribution in [3.8, 4) is 0 Å². The molecule has 1 aromatic heterocycles. The standard InChI is InChI=1S/C13H21N3O/c1-2-15-11-6-12(8-14-7-11)16-13-5-3-4-10(13)9-17/h6-8,10,13,15-17H,2-5,9H2,1H3. The van der Waals surface area contributed by atoms with E-state index >= 15 is 0 Å². The van der Waals surface area contributed by atoms with Crippen molar-refractivity contribution in [1.29, 1.82) is 0 Å². The van der Waals surface area contributed by atoms with Crippen LogP contribution in [-0.4, -0.2) is 29.3 Å². The van der Waals surface area contributed by atoms with Gasteiger partial charge in [0.05, 0.1) is 23.8 Å². The minimum absolute atomic E-state index is 0.276. The third-order valence-corrected chi connectivity index (χ3v) is 3.36. The summed E-state index contributed by atoms with van der Waals surface area (Å²) in [5.41, 5.74) is 2.07. The maximum absolute atomic E-state index is 9.29. The molecule has 2 atom stereocenters. The number of nitrogens with zero attached hydrogens (tertiary/aromatic N) is 1. The van der Waals surface area contributed by atoms with Crippen molar-refractivity contribution in [2.45, 2.75) is 32.2 Å². The van der Waals surface area contributed by atoms with Crippen LogP contribution in [-0.2, 0) is 0 Å². The predicted octanol–water partition coefficient (Wildman–Crippen LogP) is 2.09. The quantitative estimate of drug-likeness (QED) is 0.731. The summed E-state index contributed by atoms with van der Waals surface area (Å²) >= 11 is 0. The number of hydrogen-bond donors (Lipinski definition) is 3. The molecule has 1 aliphatic rings. The molecular weight excluding hydrogens is 214 g/mol. The second-order valence-electron chi connectivity index (χ2n) is 4.62. The van der Waals surface area contributed by atoms with Crippen molar-refractivity contribution >= 4 is 11.4 Å². The van der Waals surface area contributed by atoms with E-state index in [2.05, 4.69) is 28.6 Å². The molecule has 1 fully saturated rings. The van der Waals surface area contributed by atoms with Crippen molar-refractivity contribution in [1.82, 2.24) is 4.98 Å². The van der Waals surface area contributed by atoms with E-state index in [1.54, 1.807) is 0 Å². The molecule has 1 aliphatic carbocycles. The van der Waals surface area contributed by atoms with Gasteiger partial charge in [-0.15, -0.1) is 0 Å². The topological polar surface area (TPSA) is 57.2 Å². The molecule has 0 radical (unpaired) electrons. The molecule has 0 bridgehead atoms. The third-order valence-electron chi connectivity index (χ3n) is 3.36. The first-order valence-electron chi connectivity index (χ1n) is 6.39. The minimum Gasteiger partial charge on any atom is -0.396 e. The predicted molar refractivity (Wildman–Crippen MR) is 70.2 cm³/mol. The maximum atomic E-state index is 9.29. The summed E-state index contributed by atoms with van der Waals surface area (Å²) in [5.74, 6) is 0.387. The van der Waals surface area contributed by atoms with Crippen LogP contribution in [0, 0.1) is 5.92 Å². The van der Waals surface area contributed by atoms with Crippen LogP contribution >= 0.6 is 0 Å². The normalized spacial score (nSPS) is 23.6. The molecule has 3 N–H and O–H groups in total. The van der Waals surface area contributed by atoms with Crippen LogP contribution in [0.5, 0.6) is 0 Å². The lowest BCUT2D eigenvalue weighted by atomic mass is 10.1. The summed E-state index contributed by atoms with van der Waals surface area (Å²) < 4.78 is 0. The molecule has 1 aromatic rings. The van der Waals surface area contributed by atoms with Crippen LogP contribution in [0.4, 0.5) is 11.4 Å². The number of hydrogen-bond acceptors (Lipinski definition) is 4. The Labute approximate surface area is 102 Å². The fourth-order valence-electron chi connectivity index (χ4n) is 2.48. The average molecular weight is 235 g/mol. The van der Waals surface area contributed by atoms with Crippen molar-refractivity contribution in [2.75, 3.05) is 23.8 Å². The van der Waals surface area contributed by atoms with E-state index in [4.69, 9.17) is 0 Å². The van der Waals surface area contributed by atoms with Gasteiger partial charge in [0.15, 0.2) is 0 Å². The smallest absolute Gasteiger partial charge is 0.0549 e. The highest BCUT2D eigenvalue weighted by molar-refractivity contribution is 5.54. The lowest BCUT2D eigenvalue weighted by Crippen LogP contribution is -2.26. The molecule has 0 aliphatic heterocycles. The van der Waals surface area contributed by atoms with Crippen LogP contribution in [0.3, 0.4) is 0 Å². The molecule has 1 heterocycles. The number of nitrogens with one attached hydrogen (secondary N) is 2. The van der Waals surface area contributed by atoms with Gasteiger partial charge in [0.25, 0.3) is 0 Å². The number of aliphatic hydroxyl groups excluding tert-OH is 1. The van der Waals surface area contributed by atoms with E-state index in [1.807, 2.05) is 12.4 Å².